The second kappa shape index (κ2) is 4.12. The van der Waals surface area contributed by atoms with Crippen LogP contribution in [0.5, 0.6) is 5.75 Å². The number of anilines is 1. The van der Waals surface area contributed by atoms with Gasteiger partial charge in [-0.05, 0) is 18.2 Å². The summed E-state index contributed by atoms with van der Waals surface area (Å²) in [6, 6.07) is 7.14. The van der Waals surface area contributed by atoms with Gasteiger partial charge in [0.05, 0.1) is 11.0 Å². The van der Waals surface area contributed by atoms with Crippen LogP contribution in [0.2, 0.25) is 0 Å². The van der Waals surface area contributed by atoms with Crippen molar-refractivity contribution in [2.75, 3.05) is 5.73 Å². The number of halogens is 1. The molecule has 88 valence electrons. The van der Waals surface area contributed by atoms with Crippen molar-refractivity contribution in [3.05, 3.63) is 30.5 Å². The van der Waals surface area contributed by atoms with E-state index in [1.165, 1.54) is 0 Å². The maximum Gasteiger partial charge on any atom is 0.167 e. The predicted molar refractivity (Wildman–Crippen MR) is 61.3 cm³/mol. The highest BCUT2D eigenvalue weighted by atomic mass is 35.5. The number of aromatic amines is 1. The standard InChI is InChI=1S/C11H9N3O2.ClH/c12-11-10-8(3-4-13-11)7-2-1-6(16-15)5-9(7)14-10;/h1-5,14-15H,(H2,12,13);1H/p-1. The first-order valence-electron chi connectivity index (χ1n) is 4.77. The number of nitrogens with one attached hydrogen (secondary N) is 1. The molecule has 0 atom stereocenters. The van der Waals surface area contributed by atoms with Gasteiger partial charge in [0.1, 0.15) is 5.82 Å². The van der Waals surface area contributed by atoms with Gasteiger partial charge in [-0.25, -0.2) is 10.2 Å². The van der Waals surface area contributed by atoms with Crippen molar-refractivity contribution in [2.24, 2.45) is 0 Å². The smallest absolute Gasteiger partial charge is 0.167 e. The second-order valence-corrected chi connectivity index (χ2v) is 3.54. The van der Waals surface area contributed by atoms with E-state index in [9.17, 15) is 0 Å². The van der Waals surface area contributed by atoms with Crippen molar-refractivity contribution < 1.29 is 22.6 Å². The molecule has 3 rings (SSSR count). The van der Waals surface area contributed by atoms with Crippen LogP contribution < -0.4 is 23.0 Å². The Morgan fingerprint density at radius 1 is 1.24 bits per heavy atom. The Morgan fingerprint density at radius 3 is 2.82 bits per heavy atom. The number of hydrogen-bond donors (Lipinski definition) is 3. The summed E-state index contributed by atoms with van der Waals surface area (Å²) >= 11 is 0. The lowest BCUT2D eigenvalue weighted by Crippen LogP contribution is -3.00. The maximum absolute atomic E-state index is 8.58. The van der Waals surface area contributed by atoms with E-state index in [0.717, 1.165) is 21.8 Å². The van der Waals surface area contributed by atoms with Gasteiger partial charge < -0.3 is 28.0 Å². The number of rotatable bonds is 1. The highest BCUT2D eigenvalue weighted by Crippen LogP contribution is 2.29. The summed E-state index contributed by atoms with van der Waals surface area (Å²) in [6.07, 6.45) is 1.67. The Labute approximate surface area is 103 Å². The summed E-state index contributed by atoms with van der Waals surface area (Å²) in [5.41, 5.74) is 7.41. The molecule has 0 aliphatic heterocycles. The Hall–Kier alpha value is -1.98. The van der Waals surface area contributed by atoms with Gasteiger partial charge >= 0.3 is 0 Å². The minimum Gasteiger partial charge on any atom is -1.00 e. The number of pyridine rings is 1. The molecule has 6 heteroatoms. The lowest BCUT2D eigenvalue weighted by molar-refractivity contribution is -0.137. The summed E-state index contributed by atoms with van der Waals surface area (Å²) in [7, 11) is 0. The molecule has 0 amide bonds. The number of hydrogen-bond acceptors (Lipinski definition) is 4. The summed E-state index contributed by atoms with van der Waals surface area (Å²) in [5, 5.41) is 10.6. The van der Waals surface area contributed by atoms with E-state index in [1.54, 1.807) is 18.3 Å². The molecule has 0 unspecified atom stereocenters. The Balaban J connectivity index is 0.00000108. The van der Waals surface area contributed by atoms with Crippen molar-refractivity contribution in [2.45, 2.75) is 0 Å². The zero-order valence-electron chi connectivity index (χ0n) is 8.64. The first kappa shape index (κ1) is 11.5. The van der Waals surface area contributed by atoms with E-state index in [-0.39, 0.29) is 12.4 Å². The van der Waals surface area contributed by atoms with Gasteiger partial charge in [-0.2, -0.15) is 0 Å². The quantitative estimate of drug-likeness (QED) is 0.388. The van der Waals surface area contributed by atoms with Crippen LogP contribution in [0, 0.1) is 0 Å². The summed E-state index contributed by atoms with van der Waals surface area (Å²) < 4.78 is 0. The van der Waals surface area contributed by atoms with E-state index in [2.05, 4.69) is 14.9 Å². The third-order valence-electron chi connectivity index (χ3n) is 2.63. The minimum absolute atomic E-state index is 0. The topological polar surface area (TPSA) is 84.2 Å². The average Bonchev–Trinajstić information content (AvgIpc) is 2.68. The van der Waals surface area contributed by atoms with Crippen LogP contribution in [-0.2, 0) is 0 Å². The molecule has 5 nitrogen and oxygen atoms in total. The van der Waals surface area contributed by atoms with Crippen molar-refractivity contribution in [1.29, 1.82) is 0 Å². The molecule has 0 saturated heterocycles. The monoisotopic (exact) mass is 250 g/mol. The number of nitrogen functional groups attached to an aromatic ring is 1. The molecule has 0 spiro atoms. The molecule has 0 bridgehead atoms. The highest BCUT2D eigenvalue weighted by molar-refractivity contribution is 6.10. The molecule has 0 saturated carbocycles. The first-order valence-corrected chi connectivity index (χ1v) is 4.77. The summed E-state index contributed by atoms with van der Waals surface area (Å²) in [4.78, 5) is 11.3. The SMILES string of the molecule is Nc1nccc2c1[nH]c1cc(OO)ccc12.[Cl-]. The molecule has 0 aliphatic carbocycles. The van der Waals surface area contributed by atoms with E-state index in [1.807, 2.05) is 12.1 Å². The molecule has 2 heterocycles. The van der Waals surface area contributed by atoms with Crippen LogP contribution in [0.15, 0.2) is 30.5 Å². The molecule has 0 radical (unpaired) electrons. The summed E-state index contributed by atoms with van der Waals surface area (Å²) in [5.74, 6) is 0.839. The van der Waals surface area contributed by atoms with Crippen LogP contribution in [0.1, 0.15) is 0 Å². The number of H-pyrrole nitrogens is 1. The normalized spacial score (nSPS) is 10.4. The number of nitrogens with zero attached hydrogens (tertiary/aromatic N) is 1. The van der Waals surface area contributed by atoms with E-state index in [4.69, 9.17) is 11.0 Å². The van der Waals surface area contributed by atoms with Gasteiger partial charge in [-0.15, -0.1) is 0 Å². The van der Waals surface area contributed by atoms with Crippen LogP contribution in [0.4, 0.5) is 5.82 Å². The third kappa shape index (κ3) is 1.65. The van der Waals surface area contributed by atoms with Gasteiger partial charge in [-0.3, -0.25) is 0 Å². The average molecular weight is 251 g/mol. The molecule has 17 heavy (non-hydrogen) atoms. The van der Waals surface area contributed by atoms with Crippen molar-refractivity contribution >= 4 is 27.6 Å². The van der Waals surface area contributed by atoms with E-state index >= 15 is 0 Å². The Bertz CT molecular complexity index is 681. The molecule has 1 aromatic carbocycles. The van der Waals surface area contributed by atoms with Gasteiger partial charge in [0.15, 0.2) is 5.75 Å². The minimum atomic E-state index is 0. The molecule has 0 fully saturated rings. The molecule has 3 aromatic rings. The zero-order chi connectivity index (χ0) is 11.1. The van der Waals surface area contributed by atoms with E-state index in [0.29, 0.717) is 11.6 Å². The fourth-order valence-corrected chi connectivity index (χ4v) is 1.89. The van der Waals surface area contributed by atoms with Crippen LogP contribution >= 0.6 is 0 Å². The zero-order valence-corrected chi connectivity index (χ0v) is 9.40. The lowest BCUT2D eigenvalue weighted by atomic mass is 10.2. The molecule has 2 aromatic heterocycles. The molecule has 0 aliphatic rings. The second-order valence-electron chi connectivity index (χ2n) is 3.54. The van der Waals surface area contributed by atoms with Crippen LogP contribution in [0.3, 0.4) is 0 Å². The predicted octanol–water partition coefficient (Wildman–Crippen LogP) is -0.846. The van der Waals surface area contributed by atoms with Crippen molar-refractivity contribution in [3.8, 4) is 5.75 Å². The van der Waals surface area contributed by atoms with Gasteiger partial charge in [0.2, 0.25) is 0 Å². The highest BCUT2D eigenvalue weighted by Gasteiger charge is 2.07. The number of benzene rings is 1. The number of aromatic nitrogens is 2. The molecular formula is C11H9ClN3O2-. The Morgan fingerprint density at radius 2 is 2.06 bits per heavy atom. The van der Waals surface area contributed by atoms with Crippen LogP contribution in [-0.4, -0.2) is 15.2 Å². The van der Waals surface area contributed by atoms with Gasteiger partial charge in [0, 0.05) is 23.0 Å². The largest absolute Gasteiger partial charge is 1.00 e. The van der Waals surface area contributed by atoms with Gasteiger partial charge in [-0.1, -0.05) is 0 Å². The molecule has 4 N–H and O–H groups in total. The number of nitrogens with two attached hydrogens (primary N) is 1. The number of fused-ring (bicyclic) bond motifs is 3. The fourth-order valence-electron chi connectivity index (χ4n) is 1.89. The third-order valence-corrected chi connectivity index (χ3v) is 2.63. The molecular weight excluding hydrogens is 242 g/mol. The maximum atomic E-state index is 8.58. The Kier molecular flexibility index (Phi) is 2.79. The summed E-state index contributed by atoms with van der Waals surface area (Å²) in [6.45, 7) is 0. The fraction of sp³-hybridized carbons (Fsp3) is 0. The van der Waals surface area contributed by atoms with Crippen LogP contribution in [0.25, 0.3) is 21.8 Å². The van der Waals surface area contributed by atoms with Crippen molar-refractivity contribution in [3.63, 3.8) is 0 Å². The van der Waals surface area contributed by atoms with Crippen molar-refractivity contribution in [1.82, 2.24) is 9.97 Å². The lowest BCUT2D eigenvalue weighted by Gasteiger charge is -1.95. The van der Waals surface area contributed by atoms with Gasteiger partial charge in [0.25, 0.3) is 0 Å². The van der Waals surface area contributed by atoms with E-state index < -0.39 is 0 Å². The first-order chi connectivity index (χ1) is 7.79.